The molecule has 2 N–H and O–H groups in total. The van der Waals surface area contributed by atoms with Crippen LogP contribution in [0.3, 0.4) is 0 Å². The summed E-state index contributed by atoms with van der Waals surface area (Å²) in [5.74, 6) is -5.71. The Bertz CT molecular complexity index is 1020. The van der Waals surface area contributed by atoms with Crippen molar-refractivity contribution in [1.82, 2.24) is 0 Å². The molecule has 2 aromatic carbocycles. The number of anilines is 2. The minimum absolute atomic E-state index is 0.0829. The van der Waals surface area contributed by atoms with Crippen LogP contribution in [0.2, 0.25) is 0 Å². The molecule has 1 heterocycles. The molecule has 27 heavy (non-hydrogen) atoms. The highest BCUT2D eigenvalue weighted by Gasteiger charge is 2.17. The Kier molecular flexibility index (Phi) is 4.98. The summed E-state index contributed by atoms with van der Waals surface area (Å²) in [4.78, 5) is 24.4. The molecule has 3 aromatic rings. The van der Waals surface area contributed by atoms with Gasteiger partial charge in [0.05, 0.1) is 12.0 Å². The standard InChI is InChI=1S/C19H13F3N2O3/c1-10-4-5-11(9-14(10)24-19(26)15-3-2-8-27-15)18(25)23-13-7-6-12(20)16(21)17(13)22/h2-9H,1H3,(H,23,25)(H,24,26). The topological polar surface area (TPSA) is 71.3 Å². The predicted molar refractivity (Wildman–Crippen MR) is 92.1 cm³/mol. The highest BCUT2D eigenvalue weighted by molar-refractivity contribution is 6.07. The van der Waals surface area contributed by atoms with E-state index in [1.807, 2.05) is 0 Å². The van der Waals surface area contributed by atoms with Gasteiger partial charge in [-0.15, -0.1) is 0 Å². The lowest BCUT2D eigenvalue weighted by Gasteiger charge is -2.11. The van der Waals surface area contributed by atoms with E-state index in [1.54, 1.807) is 19.1 Å². The van der Waals surface area contributed by atoms with Crippen molar-refractivity contribution in [3.05, 3.63) is 83.1 Å². The third-order valence-electron chi connectivity index (χ3n) is 3.78. The molecule has 0 aliphatic carbocycles. The summed E-state index contributed by atoms with van der Waals surface area (Å²) in [5.41, 5.74) is 0.598. The lowest BCUT2D eigenvalue weighted by Crippen LogP contribution is -2.16. The molecule has 2 amide bonds. The van der Waals surface area contributed by atoms with Gasteiger partial charge < -0.3 is 15.1 Å². The number of aryl methyl sites for hydroxylation is 1. The maximum atomic E-state index is 13.7. The van der Waals surface area contributed by atoms with Gasteiger partial charge in [-0.05, 0) is 48.9 Å². The van der Waals surface area contributed by atoms with Gasteiger partial charge in [0, 0.05) is 11.3 Å². The van der Waals surface area contributed by atoms with Gasteiger partial charge in [0.25, 0.3) is 11.8 Å². The van der Waals surface area contributed by atoms with Crippen LogP contribution in [0.5, 0.6) is 0 Å². The van der Waals surface area contributed by atoms with Crippen molar-refractivity contribution < 1.29 is 27.2 Å². The van der Waals surface area contributed by atoms with E-state index in [1.165, 1.54) is 24.5 Å². The summed E-state index contributed by atoms with van der Waals surface area (Å²) in [7, 11) is 0. The Morgan fingerprint density at radius 1 is 0.889 bits per heavy atom. The Labute approximate surface area is 151 Å². The number of carbonyl (C=O) groups excluding carboxylic acids is 2. The number of nitrogens with one attached hydrogen (secondary N) is 2. The molecule has 0 spiro atoms. The molecule has 0 saturated heterocycles. The van der Waals surface area contributed by atoms with Gasteiger partial charge in [-0.25, -0.2) is 13.2 Å². The normalized spacial score (nSPS) is 10.5. The Morgan fingerprint density at radius 2 is 1.63 bits per heavy atom. The third-order valence-corrected chi connectivity index (χ3v) is 3.78. The molecule has 0 radical (unpaired) electrons. The molecule has 0 fully saturated rings. The molecule has 8 heteroatoms. The quantitative estimate of drug-likeness (QED) is 0.660. The second kappa shape index (κ2) is 7.36. The van der Waals surface area contributed by atoms with Crippen molar-refractivity contribution in [1.29, 1.82) is 0 Å². The zero-order chi connectivity index (χ0) is 19.6. The van der Waals surface area contributed by atoms with E-state index in [9.17, 15) is 22.8 Å². The van der Waals surface area contributed by atoms with E-state index >= 15 is 0 Å². The van der Waals surface area contributed by atoms with Gasteiger partial charge in [0.15, 0.2) is 23.2 Å². The number of benzene rings is 2. The van der Waals surface area contributed by atoms with Crippen molar-refractivity contribution in [2.24, 2.45) is 0 Å². The summed E-state index contributed by atoms with van der Waals surface area (Å²) >= 11 is 0. The zero-order valence-corrected chi connectivity index (χ0v) is 14.0. The Morgan fingerprint density at radius 3 is 2.33 bits per heavy atom. The van der Waals surface area contributed by atoms with Crippen LogP contribution in [-0.4, -0.2) is 11.8 Å². The molecule has 0 aliphatic heterocycles. The molecule has 1 aromatic heterocycles. The minimum atomic E-state index is -1.68. The van der Waals surface area contributed by atoms with E-state index in [4.69, 9.17) is 4.42 Å². The fourth-order valence-corrected chi connectivity index (χ4v) is 2.31. The van der Waals surface area contributed by atoms with Crippen molar-refractivity contribution in [2.75, 3.05) is 10.6 Å². The first-order valence-electron chi connectivity index (χ1n) is 7.77. The number of rotatable bonds is 4. The fourth-order valence-electron chi connectivity index (χ4n) is 2.31. The monoisotopic (exact) mass is 374 g/mol. The van der Waals surface area contributed by atoms with E-state index in [0.29, 0.717) is 17.3 Å². The first kappa shape index (κ1) is 18.2. The van der Waals surface area contributed by atoms with Gasteiger partial charge in [0.1, 0.15) is 0 Å². The summed E-state index contributed by atoms with van der Waals surface area (Å²) in [6, 6.07) is 9.06. The molecule has 138 valence electrons. The van der Waals surface area contributed by atoms with E-state index < -0.39 is 35.0 Å². The SMILES string of the molecule is Cc1ccc(C(=O)Nc2ccc(F)c(F)c2F)cc1NC(=O)c1ccco1. The minimum Gasteiger partial charge on any atom is -0.459 e. The van der Waals surface area contributed by atoms with Crippen LogP contribution in [-0.2, 0) is 0 Å². The number of hydrogen-bond donors (Lipinski definition) is 2. The number of hydrogen-bond acceptors (Lipinski definition) is 3. The molecular formula is C19H13F3N2O3. The van der Waals surface area contributed by atoms with Gasteiger partial charge >= 0.3 is 0 Å². The summed E-state index contributed by atoms with van der Waals surface area (Å²) in [5, 5.41) is 4.77. The van der Waals surface area contributed by atoms with Crippen molar-refractivity contribution >= 4 is 23.2 Å². The van der Waals surface area contributed by atoms with Gasteiger partial charge in [-0.3, -0.25) is 9.59 Å². The Balaban J connectivity index is 1.82. The second-order valence-electron chi connectivity index (χ2n) is 5.64. The third kappa shape index (κ3) is 3.84. The van der Waals surface area contributed by atoms with Crippen molar-refractivity contribution in [3.63, 3.8) is 0 Å². The van der Waals surface area contributed by atoms with Gasteiger partial charge in [0.2, 0.25) is 0 Å². The van der Waals surface area contributed by atoms with E-state index in [0.717, 1.165) is 6.07 Å². The lowest BCUT2D eigenvalue weighted by molar-refractivity contribution is 0.0993. The van der Waals surface area contributed by atoms with Crippen LogP contribution in [0.4, 0.5) is 24.5 Å². The van der Waals surface area contributed by atoms with Crippen LogP contribution in [0.1, 0.15) is 26.5 Å². The van der Waals surface area contributed by atoms with Crippen LogP contribution in [0.25, 0.3) is 0 Å². The molecule has 0 saturated carbocycles. The van der Waals surface area contributed by atoms with Crippen LogP contribution in [0, 0.1) is 24.4 Å². The highest BCUT2D eigenvalue weighted by atomic mass is 19.2. The predicted octanol–water partition coefficient (Wildman–Crippen LogP) is 4.51. The average Bonchev–Trinajstić information content (AvgIpc) is 3.19. The Hall–Kier alpha value is -3.55. The van der Waals surface area contributed by atoms with E-state index in [2.05, 4.69) is 10.6 Å². The molecule has 3 rings (SSSR count). The highest BCUT2D eigenvalue weighted by Crippen LogP contribution is 2.22. The van der Waals surface area contributed by atoms with Crippen LogP contribution < -0.4 is 10.6 Å². The van der Waals surface area contributed by atoms with Gasteiger partial charge in [-0.2, -0.15) is 0 Å². The van der Waals surface area contributed by atoms with Crippen molar-refractivity contribution in [2.45, 2.75) is 6.92 Å². The average molecular weight is 374 g/mol. The molecule has 0 bridgehead atoms. The second-order valence-corrected chi connectivity index (χ2v) is 5.64. The van der Waals surface area contributed by atoms with E-state index in [-0.39, 0.29) is 11.3 Å². The summed E-state index contributed by atoms with van der Waals surface area (Å²) < 4.78 is 45.0. The molecule has 0 atom stereocenters. The molecular weight excluding hydrogens is 361 g/mol. The van der Waals surface area contributed by atoms with Crippen LogP contribution >= 0.6 is 0 Å². The fraction of sp³-hybridized carbons (Fsp3) is 0.0526. The largest absolute Gasteiger partial charge is 0.459 e. The molecule has 0 unspecified atom stereocenters. The van der Waals surface area contributed by atoms with Crippen molar-refractivity contribution in [3.8, 4) is 0 Å². The number of carbonyl (C=O) groups is 2. The molecule has 0 aliphatic rings. The molecule has 5 nitrogen and oxygen atoms in total. The maximum absolute atomic E-state index is 13.7. The first-order chi connectivity index (χ1) is 12.9. The van der Waals surface area contributed by atoms with Crippen LogP contribution in [0.15, 0.2) is 53.1 Å². The zero-order valence-electron chi connectivity index (χ0n) is 14.0. The summed E-state index contributed by atoms with van der Waals surface area (Å²) in [6.07, 6.45) is 1.35. The number of amides is 2. The number of furan rings is 1. The maximum Gasteiger partial charge on any atom is 0.291 e. The smallest absolute Gasteiger partial charge is 0.291 e. The summed E-state index contributed by atoms with van der Waals surface area (Å²) in [6.45, 7) is 1.72. The first-order valence-corrected chi connectivity index (χ1v) is 7.77. The number of halogens is 3. The van der Waals surface area contributed by atoms with Gasteiger partial charge in [-0.1, -0.05) is 6.07 Å². The lowest BCUT2D eigenvalue weighted by atomic mass is 10.1.